The first kappa shape index (κ1) is 21.2. The molecule has 1 aliphatic rings. The Labute approximate surface area is 193 Å². The summed E-state index contributed by atoms with van der Waals surface area (Å²) in [5.41, 5.74) is 2.68. The molecule has 2 aromatic heterocycles. The van der Waals surface area contributed by atoms with Gasteiger partial charge in [0, 0.05) is 5.56 Å². The quantitative estimate of drug-likeness (QED) is 0.478. The zero-order valence-corrected chi connectivity index (χ0v) is 18.9. The number of aryl methyl sites for hydroxylation is 1. The van der Waals surface area contributed by atoms with Gasteiger partial charge in [-0.2, -0.15) is 0 Å². The largest absolute Gasteiger partial charge is 0.496 e. The Balaban J connectivity index is 1.48. The van der Waals surface area contributed by atoms with Gasteiger partial charge in [0.15, 0.2) is 0 Å². The Morgan fingerprint density at radius 1 is 1.09 bits per heavy atom. The van der Waals surface area contributed by atoms with Gasteiger partial charge in [-0.3, -0.25) is 18.7 Å². The van der Waals surface area contributed by atoms with Crippen LogP contribution in [-0.4, -0.2) is 22.2 Å². The average Bonchev–Trinajstić information content (AvgIpc) is 3.48. The van der Waals surface area contributed by atoms with Crippen LogP contribution in [0, 0.1) is 0 Å². The van der Waals surface area contributed by atoms with E-state index in [1.165, 1.54) is 26.0 Å². The summed E-state index contributed by atoms with van der Waals surface area (Å²) in [4.78, 5) is 39.4. The van der Waals surface area contributed by atoms with E-state index in [-0.39, 0.29) is 30.6 Å². The third-order valence-corrected chi connectivity index (χ3v) is 7.02. The third kappa shape index (κ3) is 3.87. The first-order valence-electron chi connectivity index (χ1n) is 10.8. The molecule has 2 heterocycles. The Morgan fingerprint density at radius 2 is 1.88 bits per heavy atom. The van der Waals surface area contributed by atoms with Gasteiger partial charge in [0.25, 0.3) is 5.56 Å². The normalized spacial score (nSPS) is 14.9. The molecule has 2 aromatic carbocycles. The topological polar surface area (TPSA) is 82.3 Å². The van der Waals surface area contributed by atoms with Gasteiger partial charge in [-0.15, -0.1) is 11.3 Å². The number of hydrogen-bond donors (Lipinski definition) is 1. The van der Waals surface area contributed by atoms with Gasteiger partial charge in [0.1, 0.15) is 17.0 Å². The first-order chi connectivity index (χ1) is 16.1. The second-order valence-corrected chi connectivity index (χ2v) is 8.98. The van der Waals surface area contributed by atoms with Crippen LogP contribution in [0.25, 0.3) is 10.2 Å². The SMILES string of the molecule is COc1ccccc1Cn1c(=O)c2sccc2n(CC(=O)NC2CCc3ccccc32)c1=O. The number of nitrogens with zero attached hydrogens (tertiary/aromatic N) is 2. The van der Waals surface area contributed by atoms with Crippen LogP contribution in [0.2, 0.25) is 0 Å². The Bertz CT molecular complexity index is 1470. The van der Waals surface area contributed by atoms with Gasteiger partial charge >= 0.3 is 5.69 Å². The number of para-hydroxylation sites is 1. The van der Waals surface area contributed by atoms with Crippen molar-refractivity contribution in [2.75, 3.05) is 7.11 Å². The Kier molecular flexibility index (Phi) is 5.60. The van der Waals surface area contributed by atoms with Crippen LogP contribution in [0.1, 0.15) is 29.2 Å². The molecule has 8 heteroatoms. The van der Waals surface area contributed by atoms with Crippen LogP contribution >= 0.6 is 11.3 Å². The number of nitrogens with one attached hydrogen (secondary N) is 1. The summed E-state index contributed by atoms with van der Waals surface area (Å²) < 4.78 is 8.39. The molecular weight excluding hydrogens is 438 g/mol. The monoisotopic (exact) mass is 461 g/mol. The second kappa shape index (κ2) is 8.71. The van der Waals surface area contributed by atoms with E-state index < -0.39 is 5.69 Å². The fourth-order valence-electron chi connectivity index (χ4n) is 4.52. The maximum Gasteiger partial charge on any atom is 0.332 e. The molecule has 0 fully saturated rings. The minimum absolute atomic E-state index is 0.0626. The molecule has 5 rings (SSSR count). The van der Waals surface area contributed by atoms with Crippen LogP contribution in [0.15, 0.2) is 69.6 Å². The lowest BCUT2D eigenvalue weighted by molar-refractivity contribution is -0.122. The second-order valence-electron chi connectivity index (χ2n) is 8.06. The average molecular weight is 462 g/mol. The minimum Gasteiger partial charge on any atom is -0.496 e. The number of methoxy groups -OCH3 is 1. The van der Waals surface area contributed by atoms with E-state index in [9.17, 15) is 14.4 Å². The molecule has 0 aliphatic heterocycles. The van der Waals surface area contributed by atoms with Crippen molar-refractivity contribution in [1.29, 1.82) is 0 Å². The highest BCUT2D eigenvalue weighted by Crippen LogP contribution is 2.30. The number of hydrogen-bond acceptors (Lipinski definition) is 5. The fraction of sp³-hybridized carbons (Fsp3) is 0.240. The minimum atomic E-state index is -0.515. The van der Waals surface area contributed by atoms with Crippen LogP contribution in [-0.2, 0) is 24.3 Å². The van der Waals surface area contributed by atoms with E-state index in [1.54, 1.807) is 24.6 Å². The number of thiophene rings is 1. The lowest BCUT2D eigenvalue weighted by atomic mass is 10.1. The smallest absolute Gasteiger partial charge is 0.332 e. The standard InChI is InChI=1S/C25H23N3O4S/c1-32-21-9-5-3-7-17(21)14-28-24(30)23-20(12-13-33-23)27(25(28)31)15-22(29)26-19-11-10-16-6-2-4-8-18(16)19/h2-9,12-13,19H,10-11,14-15H2,1H3,(H,26,29). The van der Waals surface area contributed by atoms with Gasteiger partial charge in [0.05, 0.1) is 25.2 Å². The molecule has 0 bridgehead atoms. The Morgan fingerprint density at radius 3 is 2.73 bits per heavy atom. The van der Waals surface area contributed by atoms with Crippen LogP contribution in [0.3, 0.4) is 0 Å². The van der Waals surface area contributed by atoms with Crippen LogP contribution in [0.5, 0.6) is 5.75 Å². The van der Waals surface area contributed by atoms with Gasteiger partial charge in [0.2, 0.25) is 5.91 Å². The van der Waals surface area contributed by atoms with Crippen molar-refractivity contribution < 1.29 is 9.53 Å². The van der Waals surface area contributed by atoms with E-state index in [0.717, 1.165) is 18.4 Å². The van der Waals surface area contributed by atoms with Gasteiger partial charge < -0.3 is 10.1 Å². The van der Waals surface area contributed by atoms with Gasteiger partial charge in [-0.1, -0.05) is 42.5 Å². The zero-order chi connectivity index (χ0) is 22.9. The summed E-state index contributed by atoms with van der Waals surface area (Å²) in [6, 6.07) is 17.0. The number of amides is 1. The highest BCUT2D eigenvalue weighted by atomic mass is 32.1. The summed E-state index contributed by atoms with van der Waals surface area (Å²) in [5, 5.41) is 4.83. The molecule has 1 aliphatic carbocycles. The first-order valence-corrected chi connectivity index (χ1v) is 11.6. The van der Waals surface area contributed by atoms with Crippen LogP contribution < -0.4 is 21.3 Å². The van der Waals surface area contributed by atoms with E-state index in [4.69, 9.17) is 4.74 Å². The molecule has 1 N–H and O–H groups in total. The molecule has 0 saturated heterocycles. The number of carbonyl (C=O) groups excluding carboxylic acids is 1. The van der Waals surface area contributed by atoms with Crippen LogP contribution in [0.4, 0.5) is 0 Å². The van der Waals surface area contributed by atoms with Crippen molar-refractivity contribution in [3.8, 4) is 5.75 Å². The molecule has 168 valence electrons. The molecule has 0 spiro atoms. The molecular formula is C25H23N3O4S. The lowest BCUT2D eigenvalue weighted by Gasteiger charge is -2.16. The summed E-state index contributed by atoms with van der Waals surface area (Å²) in [5.74, 6) is 0.341. The van der Waals surface area contributed by atoms with E-state index >= 15 is 0 Å². The predicted molar refractivity (Wildman–Crippen MR) is 128 cm³/mol. The maximum absolute atomic E-state index is 13.4. The fourth-order valence-corrected chi connectivity index (χ4v) is 5.36. The lowest BCUT2D eigenvalue weighted by Crippen LogP contribution is -2.42. The van der Waals surface area contributed by atoms with E-state index in [1.807, 2.05) is 36.4 Å². The van der Waals surface area contributed by atoms with Crippen molar-refractivity contribution in [2.45, 2.75) is 32.0 Å². The summed E-state index contributed by atoms with van der Waals surface area (Å²) in [6.45, 7) is -0.0932. The third-order valence-electron chi connectivity index (χ3n) is 6.13. The molecule has 1 atom stereocenters. The molecule has 1 amide bonds. The molecule has 0 radical (unpaired) electrons. The Hall–Kier alpha value is -3.65. The number of benzene rings is 2. The predicted octanol–water partition coefficient (Wildman–Crippen LogP) is 3.09. The van der Waals surface area contributed by atoms with Crippen molar-refractivity contribution in [2.24, 2.45) is 0 Å². The molecule has 1 unspecified atom stereocenters. The molecule has 4 aromatic rings. The number of aromatic nitrogens is 2. The van der Waals surface area contributed by atoms with E-state index in [2.05, 4.69) is 11.4 Å². The summed E-state index contributed by atoms with van der Waals surface area (Å²) in [7, 11) is 1.55. The zero-order valence-electron chi connectivity index (χ0n) is 18.1. The van der Waals surface area contributed by atoms with E-state index in [0.29, 0.717) is 21.5 Å². The van der Waals surface area contributed by atoms with Gasteiger partial charge in [-0.05, 0) is 41.5 Å². The number of carbonyl (C=O) groups is 1. The highest BCUT2D eigenvalue weighted by Gasteiger charge is 2.24. The summed E-state index contributed by atoms with van der Waals surface area (Å²) in [6.07, 6.45) is 1.75. The number of fused-ring (bicyclic) bond motifs is 2. The molecule has 7 nitrogen and oxygen atoms in total. The highest BCUT2D eigenvalue weighted by molar-refractivity contribution is 7.17. The summed E-state index contributed by atoms with van der Waals surface area (Å²) >= 11 is 1.27. The molecule has 33 heavy (non-hydrogen) atoms. The van der Waals surface area contributed by atoms with Crippen molar-refractivity contribution in [3.05, 3.63) is 97.5 Å². The van der Waals surface area contributed by atoms with Gasteiger partial charge in [-0.25, -0.2) is 4.79 Å². The van der Waals surface area contributed by atoms with Crippen molar-refractivity contribution in [3.63, 3.8) is 0 Å². The maximum atomic E-state index is 13.4. The van der Waals surface area contributed by atoms with Crippen molar-refractivity contribution >= 4 is 27.5 Å². The number of ether oxygens (including phenoxy) is 1. The molecule has 0 saturated carbocycles. The van der Waals surface area contributed by atoms with Crippen molar-refractivity contribution in [1.82, 2.24) is 14.5 Å². The number of rotatable bonds is 6.